The minimum absolute atomic E-state index is 0.115. The van der Waals surface area contributed by atoms with Crippen LogP contribution in [0.2, 0.25) is 0 Å². The minimum Gasteiger partial charge on any atom is -0.371 e. The van der Waals surface area contributed by atoms with Crippen LogP contribution >= 0.6 is 22.9 Å². The maximum Gasteiger partial charge on any atom is 0.330 e. The van der Waals surface area contributed by atoms with Crippen LogP contribution in [0.15, 0.2) is 12.7 Å². The van der Waals surface area contributed by atoms with Gasteiger partial charge in [-0.2, -0.15) is 0 Å². The Kier molecular flexibility index (Phi) is 4.04. The maximum absolute atomic E-state index is 12.3. The minimum atomic E-state index is -0.982. The summed E-state index contributed by atoms with van der Waals surface area (Å²) in [5, 5.41) is 19.3. The lowest BCUT2D eigenvalue weighted by Gasteiger charge is -2.18. The Morgan fingerprint density at radius 3 is 2.70 bits per heavy atom. The van der Waals surface area contributed by atoms with Crippen molar-refractivity contribution < 1.29 is 9.90 Å². The Hall–Kier alpha value is -1.18. The van der Waals surface area contributed by atoms with Gasteiger partial charge in [0.05, 0.1) is 6.54 Å². The summed E-state index contributed by atoms with van der Waals surface area (Å²) in [4.78, 5) is 14.8. The molecule has 0 spiro atoms. The van der Waals surface area contributed by atoms with Crippen LogP contribution in [0.1, 0.15) is 25.8 Å². The lowest BCUT2D eigenvalue weighted by Crippen LogP contribution is -2.36. The van der Waals surface area contributed by atoms with Crippen molar-refractivity contribution in [3.8, 4) is 0 Å². The molecule has 8 heteroatoms. The van der Waals surface area contributed by atoms with E-state index in [4.69, 9.17) is 11.6 Å². The van der Waals surface area contributed by atoms with Gasteiger partial charge in [0.15, 0.2) is 6.23 Å². The van der Waals surface area contributed by atoms with Gasteiger partial charge in [-0.25, -0.2) is 9.69 Å². The summed E-state index contributed by atoms with van der Waals surface area (Å²) in [5.41, 5.74) is -0.809. The molecule has 1 saturated heterocycles. The van der Waals surface area contributed by atoms with Gasteiger partial charge in [-0.3, -0.25) is 4.90 Å². The SMILES string of the molecule is C=CC(Cl)N1CC(O)N(c2nnc(C(C)(C)C)s2)C1=O. The molecule has 0 saturated carbocycles. The molecule has 6 nitrogen and oxygen atoms in total. The van der Waals surface area contributed by atoms with Gasteiger partial charge >= 0.3 is 6.03 Å². The van der Waals surface area contributed by atoms with Crippen LogP contribution in [0.25, 0.3) is 0 Å². The van der Waals surface area contributed by atoms with Crippen molar-refractivity contribution in [2.45, 2.75) is 37.9 Å². The molecule has 1 aromatic heterocycles. The molecule has 2 rings (SSSR count). The van der Waals surface area contributed by atoms with Crippen LogP contribution in [-0.4, -0.2) is 44.5 Å². The van der Waals surface area contributed by atoms with Crippen molar-refractivity contribution in [3.05, 3.63) is 17.7 Å². The molecular formula is C12H17ClN4O2S. The van der Waals surface area contributed by atoms with Gasteiger partial charge in [0, 0.05) is 5.41 Å². The highest BCUT2D eigenvalue weighted by Crippen LogP contribution is 2.33. The Balaban J connectivity index is 2.27. The topological polar surface area (TPSA) is 69.6 Å². The molecule has 0 bridgehead atoms. The van der Waals surface area contributed by atoms with Gasteiger partial charge in [-0.05, 0) is 0 Å². The van der Waals surface area contributed by atoms with E-state index in [1.165, 1.54) is 27.2 Å². The van der Waals surface area contributed by atoms with E-state index < -0.39 is 17.8 Å². The van der Waals surface area contributed by atoms with Gasteiger partial charge in [0.1, 0.15) is 10.5 Å². The van der Waals surface area contributed by atoms with E-state index in [1.54, 1.807) is 0 Å². The summed E-state index contributed by atoms with van der Waals surface area (Å²) < 4.78 is 0. The summed E-state index contributed by atoms with van der Waals surface area (Å²) in [6, 6.07) is -0.394. The molecule has 1 aliphatic rings. The highest BCUT2D eigenvalue weighted by molar-refractivity contribution is 7.15. The Labute approximate surface area is 126 Å². The Bertz CT molecular complexity index is 528. The fourth-order valence-corrected chi connectivity index (χ4v) is 2.86. The number of urea groups is 1. The molecule has 1 aromatic rings. The molecule has 2 atom stereocenters. The lowest BCUT2D eigenvalue weighted by atomic mass is 9.98. The van der Waals surface area contributed by atoms with E-state index >= 15 is 0 Å². The van der Waals surface area contributed by atoms with Crippen molar-refractivity contribution in [1.82, 2.24) is 15.1 Å². The van der Waals surface area contributed by atoms with Crippen molar-refractivity contribution in [2.75, 3.05) is 11.4 Å². The molecule has 0 aliphatic carbocycles. The second-order valence-corrected chi connectivity index (χ2v) is 6.94. The first-order valence-electron chi connectivity index (χ1n) is 6.14. The van der Waals surface area contributed by atoms with Crippen molar-refractivity contribution in [3.63, 3.8) is 0 Å². The predicted octanol–water partition coefficient (Wildman–Crippen LogP) is 2.15. The molecule has 0 aromatic carbocycles. The summed E-state index contributed by atoms with van der Waals surface area (Å²) in [5.74, 6) is 0. The number of amides is 2. The summed E-state index contributed by atoms with van der Waals surface area (Å²) >= 11 is 7.27. The third-order valence-corrected chi connectivity index (χ3v) is 4.63. The number of carbonyl (C=O) groups excluding carboxylic acids is 1. The number of carbonyl (C=O) groups is 1. The van der Waals surface area contributed by atoms with E-state index in [0.717, 1.165) is 5.01 Å². The van der Waals surface area contributed by atoms with Crippen LogP contribution in [0.3, 0.4) is 0 Å². The number of alkyl halides is 1. The third-order valence-electron chi connectivity index (χ3n) is 2.86. The average molecular weight is 317 g/mol. The van der Waals surface area contributed by atoms with Crippen molar-refractivity contribution in [2.24, 2.45) is 0 Å². The van der Waals surface area contributed by atoms with Crippen LogP contribution in [0, 0.1) is 0 Å². The highest BCUT2D eigenvalue weighted by Gasteiger charge is 2.41. The molecule has 110 valence electrons. The number of nitrogens with zero attached hydrogens (tertiary/aromatic N) is 4. The fourth-order valence-electron chi connectivity index (χ4n) is 1.76. The highest BCUT2D eigenvalue weighted by atomic mass is 35.5. The lowest BCUT2D eigenvalue weighted by molar-refractivity contribution is 0.177. The Morgan fingerprint density at radius 1 is 1.55 bits per heavy atom. The maximum atomic E-state index is 12.3. The molecule has 2 amide bonds. The summed E-state index contributed by atoms with van der Waals surface area (Å²) in [7, 11) is 0. The molecular weight excluding hydrogens is 300 g/mol. The van der Waals surface area contributed by atoms with E-state index in [1.807, 2.05) is 20.8 Å². The first kappa shape index (κ1) is 15.2. The first-order valence-corrected chi connectivity index (χ1v) is 7.39. The number of hydrogen-bond acceptors (Lipinski definition) is 5. The van der Waals surface area contributed by atoms with E-state index in [-0.39, 0.29) is 12.0 Å². The van der Waals surface area contributed by atoms with Gasteiger partial charge < -0.3 is 5.11 Å². The number of aromatic nitrogens is 2. The Morgan fingerprint density at radius 2 is 2.20 bits per heavy atom. The van der Waals surface area contributed by atoms with Crippen LogP contribution in [-0.2, 0) is 5.41 Å². The zero-order chi connectivity index (χ0) is 15.1. The molecule has 1 fully saturated rings. The largest absolute Gasteiger partial charge is 0.371 e. The molecule has 20 heavy (non-hydrogen) atoms. The molecule has 1 aliphatic heterocycles. The predicted molar refractivity (Wildman–Crippen MR) is 79.0 cm³/mol. The fraction of sp³-hybridized carbons (Fsp3) is 0.583. The van der Waals surface area contributed by atoms with E-state index in [2.05, 4.69) is 16.8 Å². The second kappa shape index (κ2) is 5.31. The second-order valence-electron chi connectivity index (χ2n) is 5.53. The number of hydrogen-bond donors (Lipinski definition) is 1. The third kappa shape index (κ3) is 2.65. The first-order chi connectivity index (χ1) is 9.25. The standard InChI is InChI=1S/C12H17ClN4O2S/c1-5-7(13)16-6-8(18)17(11(16)19)10-15-14-9(20-10)12(2,3)4/h5,7-8,18H,1,6H2,2-4H3. The van der Waals surface area contributed by atoms with E-state index in [0.29, 0.717) is 5.13 Å². The van der Waals surface area contributed by atoms with Gasteiger partial charge in [0.2, 0.25) is 5.13 Å². The molecule has 2 heterocycles. The normalized spacial score (nSPS) is 21.4. The summed E-state index contributed by atoms with van der Waals surface area (Å²) in [6.07, 6.45) is 0.459. The van der Waals surface area contributed by atoms with E-state index in [9.17, 15) is 9.90 Å². The number of anilines is 1. The average Bonchev–Trinajstić information content (AvgIpc) is 2.93. The van der Waals surface area contributed by atoms with Gasteiger partial charge in [-0.15, -0.1) is 10.2 Å². The zero-order valence-corrected chi connectivity index (χ0v) is 13.1. The molecule has 1 N–H and O–H groups in total. The number of aliphatic hydroxyl groups excluding tert-OH is 1. The number of aliphatic hydroxyl groups is 1. The van der Waals surface area contributed by atoms with Gasteiger partial charge in [0.25, 0.3) is 0 Å². The van der Waals surface area contributed by atoms with Crippen LogP contribution in [0.5, 0.6) is 0 Å². The monoisotopic (exact) mass is 316 g/mol. The smallest absolute Gasteiger partial charge is 0.330 e. The van der Waals surface area contributed by atoms with Crippen LogP contribution < -0.4 is 4.90 Å². The number of β-amino-alcohol motifs (C(OH)–C–C–N with tert-alkyl or cyclic N) is 1. The number of rotatable bonds is 3. The molecule has 0 radical (unpaired) electrons. The number of halogens is 1. The quantitative estimate of drug-likeness (QED) is 0.527. The van der Waals surface area contributed by atoms with Crippen molar-refractivity contribution >= 4 is 34.1 Å². The molecule has 2 unspecified atom stereocenters. The zero-order valence-electron chi connectivity index (χ0n) is 11.6. The van der Waals surface area contributed by atoms with Crippen LogP contribution in [0.4, 0.5) is 9.93 Å². The van der Waals surface area contributed by atoms with Crippen molar-refractivity contribution in [1.29, 1.82) is 0 Å². The summed E-state index contributed by atoms with van der Waals surface area (Å²) in [6.45, 7) is 9.70. The van der Waals surface area contributed by atoms with Gasteiger partial charge in [-0.1, -0.05) is 56.4 Å².